The van der Waals surface area contributed by atoms with Gasteiger partial charge in [-0.15, -0.1) is 0 Å². The SMILES string of the molecule is [C-]#[N+]c1c(N)nc(SCc2coc(-c3ccc(Cl)cc3)n2)c(C#N)c1-c1ccc(OCC(O)C(F)(F)F)cc1. The number of hydrogen-bond donors (Lipinski definition) is 2. The van der Waals surface area contributed by atoms with Crippen LogP contribution in [0.1, 0.15) is 11.3 Å². The van der Waals surface area contributed by atoms with Gasteiger partial charge in [0.25, 0.3) is 0 Å². The monoisotopic (exact) mass is 571 g/mol. The first-order valence-corrected chi connectivity index (χ1v) is 12.4. The average Bonchev–Trinajstić information content (AvgIpc) is 3.39. The van der Waals surface area contributed by atoms with Crippen LogP contribution in [0.2, 0.25) is 5.02 Å². The van der Waals surface area contributed by atoms with Crippen LogP contribution < -0.4 is 10.5 Å². The van der Waals surface area contributed by atoms with Crippen LogP contribution in [-0.4, -0.2) is 34.0 Å². The van der Waals surface area contributed by atoms with E-state index in [9.17, 15) is 18.4 Å². The van der Waals surface area contributed by atoms with Crippen molar-refractivity contribution in [1.82, 2.24) is 9.97 Å². The van der Waals surface area contributed by atoms with Gasteiger partial charge in [-0.3, -0.25) is 0 Å². The molecule has 0 bridgehead atoms. The Labute approximate surface area is 229 Å². The van der Waals surface area contributed by atoms with Gasteiger partial charge in [0.05, 0.1) is 17.8 Å². The summed E-state index contributed by atoms with van der Waals surface area (Å²) in [6.45, 7) is 6.58. The van der Waals surface area contributed by atoms with Crippen molar-refractivity contribution in [1.29, 1.82) is 5.26 Å². The Kier molecular flexibility index (Phi) is 8.31. The smallest absolute Gasteiger partial charge is 0.417 e. The van der Waals surface area contributed by atoms with E-state index in [0.29, 0.717) is 22.2 Å². The predicted octanol–water partition coefficient (Wildman–Crippen LogP) is 6.66. The number of nitrogen functional groups attached to an aromatic ring is 1. The summed E-state index contributed by atoms with van der Waals surface area (Å²) in [7, 11) is 0. The number of alkyl halides is 3. The molecule has 0 radical (unpaired) electrons. The maximum absolute atomic E-state index is 12.5. The maximum atomic E-state index is 12.5. The van der Waals surface area contributed by atoms with E-state index in [0.717, 1.165) is 5.56 Å². The number of nitriles is 1. The fourth-order valence-corrected chi connectivity index (χ4v) is 4.40. The minimum Gasteiger partial charge on any atom is -0.491 e. The second kappa shape index (κ2) is 11.7. The van der Waals surface area contributed by atoms with Crippen molar-refractivity contribution in [2.24, 2.45) is 0 Å². The van der Waals surface area contributed by atoms with E-state index in [-0.39, 0.29) is 39.2 Å². The lowest BCUT2D eigenvalue weighted by Crippen LogP contribution is -2.34. The molecule has 8 nitrogen and oxygen atoms in total. The molecule has 13 heteroatoms. The molecule has 0 aliphatic heterocycles. The van der Waals surface area contributed by atoms with Crippen LogP contribution in [-0.2, 0) is 5.75 Å². The Balaban J connectivity index is 1.58. The zero-order chi connectivity index (χ0) is 28.2. The highest BCUT2D eigenvalue weighted by molar-refractivity contribution is 7.98. The second-order valence-electron chi connectivity index (χ2n) is 7.96. The maximum Gasteiger partial charge on any atom is 0.417 e. The number of aliphatic hydroxyl groups is 1. The summed E-state index contributed by atoms with van der Waals surface area (Å²) in [5, 5.41) is 19.9. The van der Waals surface area contributed by atoms with Crippen LogP contribution in [0.3, 0.4) is 0 Å². The summed E-state index contributed by atoms with van der Waals surface area (Å²) >= 11 is 7.10. The first-order valence-electron chi connectivity index (χ1n) is 11.0. The number of benzene rings is 2. The van der Waals surface area contributed by atoms with Gasteiger partial charge in [-0.05, 0) is 42.0 Å². The molecule has 4 rings (SSSR count). The van der Waals surface area contributed by atoms with Gasteiger partial charge >= 0.3 is 6.18 Å². The number of halogens is 4. The van der Waals surface area contributed by atoms with Crippen LogP contribution >= 0.6 is 23.4 Å². The van der Waals surface area contributed by atoms with Crippen molar-refractivity contribution in [3.05, 3.63) is 82.5 Å². The summed E-state index contributed by atoms with van der Waals surface area (Å²) in [4.78, 5) is 12.1. The van der Waals surface area contributed by atoms with Crippen LogP contribution in [0.15, 0.2) is 64.2 Å². The van der Waals surface area contributed by atoms with E-state index in [1.54, 1.807) is 24.3 Å². The molecule has 0 fully saturated rings. The highest BCUT2D eigenvalue weighted by Gasteiger charge is 2.38. The van der Waals surface area contributed by atoms with Gasteiger partial charge in [-0.25, -0.2) is 14.8 Å². The Hall–Kier alpha value is -4.23. The molecule has 3 N–H and O–H groups in total. The number of nitrogens with two attached hydrogens (primary N) is 1. The van der Waals surface area contributed by atoms with Gasteiger partial charge in [0, 0.05) is 21.9 Å². The number of rotatable bonds is 8. The van der Waals surface area contributed by atoms with Crippen molar-refractivity contribution in [3.8, 4) is 34.4 Å². The van der Waals surface area contributed by atoms with Gasteiger partial charge in [0.15, 0.2) is 6.10 Å². The van der Waals surface area contributed by atoms with Crippen molar-refractivity contribution < 1.29 is 27.4 Å². The Morgan fingerprint density at radius 3 is 2.44 bits per heavy atom. The Morgan fingerprint density at radius 2 is 1.82 bits per heavy atom. The average molecular weight is 572 g/mol. The van der Waals surface area contributed by atoms with Crippen LogP contribution in [0.4, 0.5) is 24.7 Å². The number of hydrogen-bond acceptors (Lipinski definition) is 8. The zero-order valence-electron chi connectivity index (χ0n) is 19.7. The lowest BCUT2D eigenvalue weighted by atomic mass is 10.00. The highest BCUT2D eigenvalue weighted by atomic mass is 35.5. The highest BCUT2D eigenvalue weighted by Crippen LogP contribution is 2.42. The molecule has 2 aromatic carbocycles. The van der Waals surface area contributed by atoms with Crippen molar-refractivity contribution in [2.75, 3.05) is 12.3 Å². The molecule has 39 heavy (non-hydrogen) atoms. The van der Waals surface area contributed by atoms with Crippen LogP contribution in [0.5, 0.6) is 5.75 Å². The topological polar surface area (TPSA) is 123 Å². The Morgan fingerprint density at radius 1 is 1.15 bits per heavy atom. The second-order valence-corrected chi connectivity index (χ2v) is 9.36. The lowest BCUT2D eigenvalue weighted by Gasteiger charge is -2.16. The number of aromatic nitrogens is 2. The molecule has 1 atom stereocenters. The number of pyridine rings is 1. The van der Waals surface area contributed by atoms with E-state index in [1.165, 1.54) is 42.3 Å². The first-order chi connectivity index (χ1) is 18.6. The molecule has 1 unspecified atom stereocenters. The molecule has 0 aliphatic carbocycles. The standard InChI is InChI=1S/C26H17ClF3N5O3S/c1-33-22-21(14-4-8-18(9-5-14)37-12-20(36)26(28,29)30)19(10-31)25(35-23(22)32)39-13-17-11-38-24(34-17)15-2-6-16(27)7-3-15/h2-9,11,20,36H,12-13H2,(H2,32,35). The predicted molar refractivity (Wildman–Crippen MR) is 139 cm³/mol. The van der Waals surface area contributed by atoms with E-state index in [1.807, 2.05) is 0 Å². The number of aliphatic hydroxyl groups excluding tert-OH is 1. The molecule has 0 saturated heterocycles. The van der Waals surface area contributed by atoms with E-state index in [4.69, 9.17) is 38.2 Å². The van der Waals surface area contributed by atoms with E-state index >= 15 is 0 Å². The van der Waals surface area contributed by atoms with Crippen LogP contribution in [0, 0.1) is 17.9 Å². The third kappa shape index (κ3) is 6.44. The summed E-state index contributed by atoms with van der Waals surface area (Å²) in [5.41, 5.74) is 8.06. The number of nitrogens with zero attached hydrogens (tertiary/aromatic N) is 4. The van der Waals surface area contributed by atoms with Crippen molar-refractivity contribution in [2.45, 2.75) is 23.1 Å². The molecule has 4 aromatic rings. The molecule has 0 aliphatic rings. The summed E-state index contributed by atoms with van der Waals surface area (Å²) < 4.78 is 48.1. The van der Waals surface area contributed by atoms with E-state index < -0.39 is 18.9 Å². The quantitative estimate of drug-likeness (QED) is 0.178. The Bertz CT molecular complexity index is 1560. The van der Waals surface area contributed by atoms with Gasteiger partial charge in [0.2, 0.25) is 11.6 Å². The largest absolute Gasteiger partial charge is 0.491 e. The van der Waals surface area contributed by atoms with Gasteiger partial charge in [-0.2, -0.15) is 18.4 Å². The number of anilines is 1. The minimum absolute atomic E-state index is 0.0384. The fraction of sp³-hybridized carbons (Fsp3) is 0.154. The molecule has 0 spiro atoms. The fourth-order valence-electron chi connectivity index (χ4n) is 3.40. The molecular formula is C26H17ClF3N5O3S. The molecular weight excluding hydrogens is 555 g/mol. The summed E-state index contributed by atoms with van der Waals surface area (Å²) in [5.74, 6) is 0.647. The van der Waals surface area contributed by atoms with E-state index in [2.05, 4.69) is 20.9 Å². The number of ether oxygens (including phenoxy) is 1. The molecule has 2 heterocycles. The normalized spacial score (nSPS) is 12.0. The molecule has 198 valence electrons. The molecule has 0 saturated carbocycles. The molecule has 2 aromatic heterocycles. The zero-order valence-corrected chi connectivity index (χ0v) is 21.3. The third-order valence-electron chi connectivity index (χ3n) is 5.32. The minimum atomic E-state index is -4.81. The summed E-state index contributed by atoms with van der Waals surface area (Å²) in [6.07, 6.45) is -5.96. The summed E-state index contributed by atoms with van der Waals surface area (Å²) in [6, 6.07) is 14.7. The number of thioether (sulfide) groups is 1. The van der Waals surface area contributed by atoms with Gasteiger partial charge < -0.3 is 20.0 Å². The third-order valence-corrected chi connectivity index (χ3v) is 6.58. The number of oxazole rings is 1. The van der Waals surface area contributed by atoms with Gasteiger partial charge in [-0.1, -0.05) is 35.5 Å². The van der Waals surface area contributed by atoms with Crippen molar-refractivity contribution >= 4 is 34.9 Å². The van der Waals surface area contributed by atoms with Gasteiger partial charge in [0.1, 0.15) is 35.5 Å². The van der Waals surface area contributed by atoms with Crippen molar-refractivity contribution in [3.63, 3.8) is 0 Å². The first kappa shape index (κ1) is 27.8. The molecule has 0 amide bonds. The lowest BCUT2D eigenvalue weighted by molar-refractivity contribution is -0.210. The van der Waals surface area contributed by atoms with Crippen LogP contribution in [0.25, 0.3) is 27.4 Å².